The van der Waals surface area contributed by atoms with Gasteiger partial charge in [0.2, 0.25) is 0 Å². The van der Waals surface area contributed by atoms with Gasteiger partial charge in [-0.3, -0.25) is 0 Å². The van der Waals surface area contributed by atoms with Gasteiger partial charge in [0.25, 0.3) is 0 Å². The first-order valence-corrected chi connectivity index (χ1v) is 13.2. The second-order valence-corrected chi connectivity index (χ2v) is 11.6. The molecule has 5 rings (SSSR count). The molecule has 5 nitrogen and oxygen atoms in total. The van der Waals surface area contributed by atoms with Crippen LogP contribution in [0.3, 0.4) is 0 Å². The van der Waals surface area contributed by atoms with E-state index in [0.717, 1.165) is 57.9 Å². The Morgan fingerprint density at radius 2 is 1.76 bits per heavy atom. The number of ether oxygens (including phenoxy) is 1. The fraction of sp³-hybridized carbons (Fsp3) is 0.583. The van der Waals surface area contributed by atoms with E-state index in [1.54, 1.807) is 35.4 Å². The molecule has 188 valence electrons. The number of fused-ring (bicyclic) bond motifs is 1. The molecule has 3 unspecified atom stereocenters. The van der Waals surface area contributed by atoms with Gasteiger partial charge in [-0.25, -0.2) is 4.31 Å². The quantitative estimate of drug-likeness (QED) is 0.596. The Balaban J connectivity index is 0.000000252. The number of thiophene rings is 1. The maximum Gasteiger partial charge on any atom is 0.421 e. The van der Waals surface area contributed by atoms with Crippen LogP contribution in [0.1, 0.15) is 18.9 Å². The summed E-state index contributed by atoms with van der Waals surface area (Å²) < 4.78 is 47.8. The van der Waals surface area contributed by atoms with E-state index in [0.29, 0.717) is 6.10 Å². The number of piperazine rings is 1. The van der Waals surface area contributed by atoms with E-state index in [2.05, 4.69) is 32.6 Å². The average molecular weight is 516 g/mol. The molecular formula is C24H32F3N3O2S2. The highest BCUT2D eigenvalue weighted by Crippen LogP contribution is 2.39. The number of rotatable bonds is 4. The van der Waals surface area contributed by atoms with Gasteiger partial charge in [0.05, 0.1) is 10.3 Å². The third-order valence-corrected chi connectivity index (χ3v) is 8.80. The molecule has 1 aromatic heterocycles. The summed E-state index contributed by atoms with van der Waals surface area (Å²) in [6.45, 7) is 7.58. The molecule has 0 amide bonds. The Kier molecular flexibility index (Phi) is 8.16. The summed E-state index contributed by atoms with van der Waals surface area (Å²) in [5.74, 6) is 0.856. The fourth-order valence-corrected chi connectivity index (χ4v) is 6.37. The topological polar surface area (TPSA) is 39.2 Å². The zero-order valence-electron chi connectivity index (χ0n) is 19.5. The Hall–Kier alpha value is -1.30. The number of aliphatic hydroxyl groups is 1. The Labute approximate surface area is 207 Å². The first kappa shape index (κ1) is 25.8. The predicted octanol–water partition coefficient (Wildman–Crippen LogP) is 4.68. The molecule has 0 saturated carbocycles. The maximum atomic E-state index is 12.9. The largest absolute Gasteiger partial charge is 0.421 e. The predicted molar refractivity (Wildman–Crippen MR) is 131 cm³/mol. The van der Waals surface area contributed by atoms with E-state index in [9.17, 15) is 18.3 Å². The van der Waals surface area contributed by atoms with Gasteiger partial charge in [0, 0.05) is 57.5 Å². The summed E-state index contributed by atoms with van der Waals surface area (Å²) in [5, 5.41) is 11.8. The lowest BCUT2D eigenvalue weighted by Crippen LogP contribution is -2.43. The first-order chi connectivity index (χ1) is 16.1. The Morgan fingerprint density at radius 1 is 1.06 bits per heavy atom. The number of likely N-dealkylation sites (N-methyl/N-ethyl adjacent to an activating group) is 1. The van der Waals surface area contributed by atoms with Gasteiger partial charge < -0.3 is 19.6 Å². The van der Waals surface area contributed by atoms with Crippen molar-refractivity contribution in [3.63, 3.8) is 0 Å². The second kappa shape index (κ2) is 10.8. The highest BCUT2D eigenvalue weighted by Gasteiger charge is 2.51. The van der Waals surface area contributed by atoms with Gasteiger partial charge in [0.1, 0.15) is 0 Å². The number of hydrogen-bond donors (Lipinski definition) is 1. The highest BCUT2D eigenvalue weighted by molar-refractivity contribution is 7.98. The van der Waals surface area contributed by atoms with Crippen LogP contribution < -0.4 is 4.90 Å². The minimum Gasteiger partial charge on any atom is -0.377 e. The minimum absolute atomic E-state index is 0.143. The number of nitrogens with zero attached hydrogens (tertiary/aromatic N) is 3. The number of hydrogen-bond acceptors (Lipinski definition) is 7. The first-order valence-electron chi connectivity index (χ1n) is 11.5. The van der Waals surface area contributed by atoms with Crippen LogP contribution in [0.4, 0.5) is 18.9 Å². The van der Waals surface area contributed by atoms with Crippen LogP contribution in [0.2, 0.25) is 0 Å². The molecular weight excluding hydrogens is 483 g/mol. The van der Waals surface area contributed by atoms with Crippen molar-refractivity contribution in [2.45, 2.75) is 35.4 Å². The molecule has 0 bridgehead atoms. The van der Waals surface area contributed by atoms with Crippen molar-refractivity contribution in [1.82, 2.24) is 9.21 Å². The van der Waals surface area contributed by atoms with Crippen LogP contribution in [0.25, 0.3) is 0 Å². The molecule has 3 aliphatic rings. The second-order valence-electron chi connectivity index (χ2n) is 9.24. The van der Waals surface area contributed by atoms with Gasteiger partial charge in [-0.2, -0.15) is 13.2 Å². The van der Waals surface area contributed by atoms with E-state index in [-0.39, 0.29) is 5.56 Å². The lowest BCUT2D eigenvalue weighted by molar-refractivity contribution is -0.258. The van der Waals surface area contributed by atoms with Crippen LogP contribution in [0.5, 0.6) is 0 Å². The van der Waals surface area contributed by atoms with Gasteiger partial charge in [-0.05, 0) is 61.5 Å². The third-order valence-electron chi connectivity index (χ3n) is 6.68. The molecule has 34 heavy (non-hydrogen) atoms. The van der Waals surface area contributed by atoms with Gasteiger partial charge >= 0.3 is 6.18 Å². The number of alkyl halides is 3. The lowest BCUT2D eigenvalue weighted by atomic mass is 9.95. The van der Waals surface area contributed by atoms with Crippen LogP contribution in [0, 0.1) is 5.92 Å². The molecule has 4 heterocycles. The molecule has 0 radical (unpaired) electrons. The molecule has 3 atom stereocenters. The van der Waals surface area contributed by atoms with E-state index in [1.807, 2.05) is 6.07 Å². The lowest BCUT2D eigenvalue weighted by Gasteiger charge is -2.35. The van der Waals surface area contributed by atoms with Crippen molar-refractivity contribution in [1.29, 1.82) is 0 Å². The zero-order valence-corrected chi connectivity index (χ0v) is 21.1. The Bertz CT molecular complexity index is 889. The molecule has 1 aromatic carbocycles. The van der Waals surface area contributed by atoms with Crippen molar-refractivity contribution in [3.05, 3.63) is 47.3 Å². The third kappa shape index (κ3) is 6.09. The van der Waals surface area contributed by atoms with E-state index >= 15 is 0 Å². The molecule has 0 spiro atoms. The van der Waals surface area contributed by atoms with Gasteiger partial charge in [0.15, 0.2) is 5.60 Å². The zero-order chi connectivity index (χ0) is 24.3. The molecule has 1 N–H and O–H groups in total. The van der Waals surface area contributed by atoms with E-state index in [1.165, 1.54) is 29.3 Å². The Morgan fingerprint density at radius 3 is 2.35 bits per heavy atom. The normalized spacial score (nSPS) is 25.5. The van der Waals surface area contributed by atoms with E-state index < -0.39 is 11.8 Å². The summed E-state index contributed by atoms with van der Waals surface area (Å²) in [6.07, 6.45) is -2.83. The number of likely N-dealkylation sites (tertiary alicyclic amines) is 1. The SMILES string of the molecule is CC(O)(c1ccc(N2CCN(Sc3cccs3)CC2)cc1)C(F)(F)F.CN1CC2CCOC2C1. The molecule has 3 saturated heterocycles. The van der Waals surface area contributed by atoms with E-state index in [4.69, 9.17) is 4.74 Å². The van der Waals surface area contributed by atoms with Gasteiger partial charge in [-0.1, -0.05) is 18.2 Å². The number of benzene rings is 1. The monoisotopic (exact) mass is 515 g/mol. The van der Waals surface area contributed by atoms with Crippen LogP contribution in [0.15, 0.2) is 46.0 Å². The van der Waals surface area contributed by atoms with Gasteiger partial charge in [-0.15, -0.1) is 11.3 Å². The average Bonchev–Trinajstić information content (AvgIpc) is 3.53. The summed E-state index contributed by atoms with van der Waals surface area (Å²) in [7, 11) is 2.17. The summed E-state index contributed by atoms with van der Waals surface area (Å²) in [6, 6.07) is 10.1. The van der Waals surface area contributed by atoms with Crippen molar-refractivity contribution in [2.75, 3.05) is 57.8 Å². The van der Waals surface area contributed by atoms with Crippen molar-refractivity contribution >= 4 is 29.0 Å². The number of anilines is 1. The van der Waals surface area contributed by atoms with Crippen molar-refractivity contribution in [3.8, 4) is 0 Å². The van der Waals surface area contributed by atoms with Crippen LogP contribution in [-0.2, 0) is 10.3 Å². The fourth-order valence-electron chi connectivity index (χ4n) is 4.53. The van der Waals surface area contributed by atoms with Crippen molar-refractivity contribution in [2.24, 2.45) is 5.92 Å². The summed E-state index contributed by atoms with van der Waals surface area (Å²) >= 11 is 3.46. The molecule has 0 aliphatic carbocycles. The van der Waals surface area contributed by atoms with Crippen LogP contribution >= 0.6 is 23.3 Å². The molecule has 3 aliphatic heterocycles. The smallest absolute Gasteiger partial charge is 0.377 e. The van der Waals surface area contributed by atoms with Crippen LogP contribution in [-0.4, -0.2) is 79.5 Å². The molecule has 10 heteroatoms. The highest BCUT2D eigenvalue weighted by atomic mass is 32.2. The summed E-state index contributed by atoms with van der Waals surface area (Å²) in [5.41, 5.74) is -2.10. The number of halogens is 3. The standard InChI is InChI=1S/C17H19F3N2OS2.C7H13NO/c1-16(23,17(18,19)20)13-4-6-14(7-5-13)21-8-10-22(11-9-21)25-15-3-2-12-24-15;1-8-4-6-2-3-9-7(6)5-8/h2-7,12,23H,8-11H2,1H3;6-7H,2-5H2,1H3. The maximum absolute atomic E-state index is 12.9. The van der Waals surface area contributed by atoms with Crippen molar-refractivity contribution < 1.29 is 23.0 Å². The molecule has 3 fully saturated rings. The minimum atomic E-state index is -4.70. The summed E-state index contributed by atoms with van der Waals surface area (Å²) in [4.78, 5) is 4.51. The molecule has 2 aromatic rings.